The van der Waals surface area contributed by atoms with Crippen LogP contribution in [-0.4, -0.2) is 25.2 Å². The molecule has 1 unspecified atom stereocenters. The summed E-state index contributed by atoms with van der Waals surface area (Å²) >= 11 is 0. The van der Waals surface area contributed by atoms with Gasteiger partial charge >= 0.3 is 5.97 Å². The van der Waals surface area contributed by atoms with Gasteiger partial charge in [0.1, 0.15) is 0 Å². The van der Waals surface area contributed by atoms with Crippen LogP contribution in [0.1, 0.15) is 33.1 Å². The van der Waals surface area contributed by atoms with Crippen LogP contribution in [0.2, 0.25) is 0 Å². The van der Waals surface area contributed by atoms with Gasteiger partial charge in [0.15, 0.2) is 0 Å². The Balaban J connectivity index is 2.15. The van der Waals surface area contributed by atoms with Crippen LogP contribution in [0.4, 0.5) is 0 Å². The standard InChI is InChI=1S/C10H19NO2/c1-4-7(2)11-9-5-8(6-9)10(12)13-3/h7-9,11H,4-6H2,1-3H3. The number of rotatable bonds is 4. The van der Waals surface area contributed by atoms with E-state index in [2.05, 4.69) is 23.9 Å². The van der Waals surface area contributed by atoms with Crippen LogP contribution in [0.5, 0.6) is 0 Å². The quantitative estimate of drug-likeness (QED) is 0.671. The van der Waals surface area contributed by atoms with Gasteiger partial charge in [-0.25, -0.2) is 0 Å². The lowest BCUT2D eigenvalue weighted by atomic mass is 9.80. The minimum absolute atomic E-state index is 0.0535. The number of ether oxygens (including phenoxy) is 1. The number of hydrogen-bond acceptors (Lipinski definition) is 3. The lowest BCUT2D eigenvalue weighted by Gasteiger charge is -2.35. The van der Waals surface area contributed by atoms with E-state index in [0.29, 0.717) is 12.1 Å². The van der Waals surface area contributed by atoms with Gasteiger partial charge in [-0.3, -0.25) is 4.79 Å². The molecule has 1 saturated carbocycles. The fourth-order valence-corrected chi connectivity index (χ4v) is 1.63. The van der Waals surface area contributed by atoms with Crippen molar-refractivity contribution < 1.29 is 9.53 Å². The summed E-state index contributed by atoms with van der Waals surface area (Å²) in [5, 5.41) is 3.47. The summed E-state index contributed by atoms with van der Waals surface area (Å²) in [5.74, 6) is 0.0914. The van der Waals surface area contributed by atoms with Crippen molar-refractivity contribution in [3.63, 3.8) is 0 Å². The summed E-state index contributed by atoms with van der Waals surface area (Å²) in [6.07, 6.45) is 3.02. The highest BCUT2D eigenvalue weighted by Gasteiger charge is 2.35. The van der Waals surface area contributed by atoms with Gasteiger partial charge < -0.3 is 10.1 Å². The summed E-state index contributed by atoms with van der Waals surface area (Å²) in [4.78, 5) is 11.0. The van der Waals surface area contributed by atoms with Crippen LogP contribution in [0.15, 0.2) is 0 Å². The van der Waals surface area contributed by atoms with E-state index in [1.165, 1.54) is 7.11 Å². The molecule has 0 aromatic rings. The van der Waals surface area contributed by atoms with Gasteiger partial charge in [0.05, 0.1) is 13.0 Å². The zero-order valence-corrected chi connectivity index (χ0v) is 8.67. The maximum Gasteiger partial charge on any atom is 0.308 e. The summed E-state index contributed by atoms with van der Waals surface area (Å²) in [6.45, 7) is 4.33. The highest BCUT2D eigenvalue weighted by molar-refractivity contribution is 5.73. The molecule has 1 aliphatic carbocycles. The number of carbonyl (C=O) groups excluding carboxylic acids is 1. The first-order valence-electron chi connectivity index (χ1n) is 5.01. The van der Waals surface area contributed by atoms with Crippen molar-refractivity contribution in [1.82, 2.24) is 5.32 Å². The molecule has 3 heteroatoms. The van der Waals surface area contributed by atoms with E-state index < -0.39 is 0 Å². The van der Waals surface area contributed by atoms with Crippen molar-refractivity contribution in [1.29, 1.82) is 0 Å². The molecule has 0 saturated heterocycles. The third-order valence-electron chi connectivity index (χ3n) is 2.81. The molecule has 1 rings (SSSR count). The molecule has 0 radical (unpaired) electrons. The second kappa shape index (κ2) is 4.61. The second-order valence-corrected chi connectivity index (χ2v) is 3.86. The van der Waals surface area contributed by atoms with Crippen LogP contribution in [0, 0.1) is 5.92 Å². The molecule has 1 aliphatic rings. The Kier molecular flexibility index (Phi) is 3.72. The highest BCUT2D eigenvalue weighted by atomic mass is 16.5. The number of carbonyl (C=O) groups is 1. The lowest BCUT2D eigenvalue weighted by molar-refractivity contribution is -0.149. The van der Waals surface area contributed by atoms with Gasteiger partial charge in [-0.05, 0) is 26.2 Å². The Morgan fingerprint density at radius 2 is 2.23 bits per heavy atom. The first-order valence-corrected chi connectivity index (χ1v) is 5.01. The average Bonchev–Trinajstić information content (AvgIpc) is 2.08. The lowest BCUT2D eigenvalue weighted by Crippen LogP contribution is -2.47. The predicted molar refractivity (Wildman–Crippen MR) is 51.4 cm³/mol. The Morgan fingerprint density at radius 3 is 2.69 bits per heavy atom. The van der Waals surface area contributed by atoms with E-state index in [1.807, 2.05) is 0 Å². The van der Waals surface area contributed by atoms with Crippen molar-refractivity contribution >= 4 is 5.97 Å². The van der Waals surface area contributed by atoms with Crippen molar-refractivity contribution in [3.8, 4) is 0 Å². The van der Waals surface area contributed by atoms with Crippen LogP contribution in [0.25, 0.3) is 0 Å². The van der Waals surface area contributed by atoms with Crippen LogP contribution in [-0.2, 0) is 9.53 Å². The molecular weight excluding hydrogens is 166 g/mol. The first kappa shape index (κ1) is 10.5. The Bertz CT molecular complexity index is 176. The average molecular weight is 185 g/mol. The monoisotopic (exact) mass is 185 g/mol. The minimum Gasteiger partial charge on any atom is -0.469 e. The minimum atomic E-state index is -0.0535. The van der Waals surface area contributed by atoms with Crippen molar-refractivity contribution in [3.05, 3.63) is 0 Å². The van der Waals surface area contributed by atoms with E-state index in [-0.39, 0.29) is 11.9 Å². The summed E-state index contributed by atoms with van der Waals surface area (Å²) < 4.78 is 4.67. The molecule has 0 aromatic heterocycles. The summed E-state index contributed by atoms with van der Waals surface area (Å²) in [7, 11) is 1.46. The van der Waals surface area contributed by atoms with Gasteiger partial charge in [0.25, 0.3) is 0 Å². The molecule has 0 amide bonds. The van der Waals surface area contributed by atoms with E-state index in [0.717, 1.165) is 19.3 Å². The maximum absolute atomic E-state index is 11.0. The SMILES string of the molecule is CCC(C)NC1CC(C(=O)OC)C1. The van der Waals surface area contributed by atoms with E-state index in [9.17, 15) is 4.79 Å². The zero-order valence-electron chi connectivity index (χ0n) is 8.67. The van der Waals surface area contributed by atoms with Gasteiger partial charge in [-0.15, -0.1) is 0 Å². The maximum atomic E-state index is 11.0. The molecule has 1 atom stereocenters. The molecule has 0 bridgehead atoms. The van der Waals surface area contributed by atoms with Crippen molar-refractivity contribution in [2.24, 2.45) is 5.92 Å². The van der Waals surface area contributed by atoms with Gasteiger partial charge in [-0.2, -0.15) is 0 Å². The van der Waals surface area contributed by atoms with Crippen molar-refractivity contribution in [2.75, 3.05) is 7.11 Å². The molecule has 3 nitrogen and oxygen atoms in total. The van der Waals surface area contributed by atoms with E-state index >= 15 is 0 Å². The predicted octanol–water partition coefficient (Wildman–Crippen LogP) is 1.33. The molecule has 0 aliphatic heterocycles. The molecule has 0 aromatic carbocycles. The van der Waals surface area contributed by atoms with E-state index in [4.69, 9.17) is 0 Å². The zero-order chi connectivity index (χ0) is 9.84. The Hall–Kier alpha value is -0.570. The summed E-state index contributed by atoms with van der Waals surface area (Å²) in [5.41, 5.74) is 0. The summed E-state index contributed by atoms with van der Waals surface area (Å²) in [6, 6.07) is 1.09. The van der Waals surface area contributed by atoms with Gasteiger partial charge in [-0.1, -0.05) is 6.92 Å². The number of nitrogens with one attached hydrogen (secondary N) is 1. The van der Waals surface area contributed by atoms with Crippen molar-refractivity contribution in [2.45, 2.75) is 45.2 Å². The van der Waals surface area contributed by atoms with Crippen LogP contribution in [0.3, 0.4) is 0 Å². The van der Waals surface area contributed by atoms with Gasteiger partial charge in [0, 0.05) is 12.1 Å². The number of esters is 1. The highest BCUT2D eigenvalue weighted by Crippen LogP contribution is 2.28. The Labute approximate surface area is 79.8 Å². The topological polar surface area (TPSA) is 38.3 Å². The normalized spacial score (nSPS) is 29.2. The molecule has 0 spiro atoms. The smallest absolute Gasteiger partial charge is 0.308 e. The largest absolute Gasteiger partial charge is 0.469 e. The Morgan fingerprint density at radius 1 is 1.62 bits per heavy atom. The third kappa shape index (κ3) is 2.69. The fourth-order valence-electron chi connectivity index (χ4n) is 1.63. The van der Waals surface area contributed by atoms with Crippen LogP contribution < -0.4 is 5.32 Å². The molecule has 13 heavy (non-hydrogen) atoms. The number of methoxy groups -OCH3 is 1. The molecule has 0 heterocycles. The molecule has 1 fully saturated rings. The second-order valence-electron chi connectivity index (χ2n) is 3.86. The molecular formula is C10H19NO2. The van der Waals surface area contributed by atoms with E-state index in [1.54, 1.807) is 0 Å². The molecule has 76 valence electrons. The fraction of sp³-hybridized carbons (Fsp3) is 0.900. The number of hydrogen-bond donors (Lipinski definition) is 1. The molecule has 1 N–H and O–H groups in total. The first-order chi connectivity index (χ1) is 6.17. The van der Waals surface area contributed by atoms with Crippen LogP contribution >= 0.6 is 0 Å². The van der Waals surface area contributed by atoms with Gasteiger partial charge in [0.2, 0.25) is 0 Å². The third-order valence-corrected chi connectivity index (χ3v) is 2.81.